The van der Waals surface area contributed by atoms with Gasteiger partial charge in [0, 0.05) is 0 Å². The van der Waals surface area contributed by atoms with E-state index in [4.69, 9.17) is 4.55 Å². The van der Waals surface area contributed by atoms with Gasteiger partial charge in [-0.3, -0.25) is 4.55 Å². The molecule has 9 heavy (non-hydrogen) atoms. The minimum absolute atomic E-state index is 0.715. The van der Waals surface area contributed by atoms with Crippen molar-refractivity contribution in [1.82, 2.24) is 0 Å². The van der Waals surface area contributed by atoms with E-state index >= 15 is 0 Å². The molecule has 0 heterocycles. The molecule has 6 heteroatoms. The molecule has 1 N–H and O–H groups in total. The summed E-state index contributed by atoms with van der Waals surface area (Å²) in [6.45, 7) is 0. The summed E-state index contributed by atoms with van der Waals surface area (Å²) in [6, 6.07) is 0. The highest BCUT2D eigenvalue weighted by Gasteiger charge is 1.81. The fourth-order valence-electron chi connectivity index (χ4n) is 0. The van der Waals surface area contributed by atoms with E-state index in [-0.39, 0.29) is 0 Å². The van der Waals surface area contributed by atoms with Crippen LogP contribution < -0.4 is 0 Å². The van der Waals surface area contributed by atoms with Gasteiger partial charge >= 0.3 is 0 Å². The predicted molar refractivity (Wildman–Crippen MR) is 44.5 cm³/mol. The highest BCUT2D eigenvalue weighted by molar-refractivity contribution is 8.76. The van der Waals surface area contributed by atoms with Gasteiger partial charge in [0.15, 0.2) is 0 Å². The minimum atomic E-state index is -3.67. The van der Waals surface area contributed by atoms with Gasteiger partial charge in [-0.15, -0.1) is 0 Å². The number of rotatable bonds is 1. The molecule has 0 bridgehead atoms. The van der Waals surface area contributed by atoms with Crippen molar-refractivity contribution in [3.05, 3.63) is 0 Å². The van der Waals surface area contributed by atoms with Crippen LogP contribution in [0.5, 0.6) is 0 Å². The van der Waals surface area contributed by atoms with Crippen molar-refractivity contribution < 1.29 is 13.0 Å². The van der Waals surface area contributed by atoms with Crippen LogP contribution in [0.15, 0.2) is 0 Å². The van der Waals surface area contributed by atoms with E-state index in [0.717, 1.165) is 0 Å². The van der Waals surface area contributed by atoms with Crippen molar-refractivity contribution >= 4 is 31.7 Å². The summed E-state index contributed by atoms with van der Waals surface area (Å²) in [6.07, 6.45) is 4.84. The van der Waals surface area contributed by atoms with Crippen LogP contribution in [-0.2, 0) is 10.1 Å². The third-order valence-electron chi connectivity index (χ3n) is 0.167. The first-order valence-electron chi connectivity index (χ1n) is 1.91. The zero-order valence-electron chi connectivity index (χ0n) is 5.49. The first-order chi connectivity index (χ1) is 3.91. The monoisotopic (exact) mass is 190 g/mol. The molecule has 3 nitrogen and oxygen atoms in total. The Morgan fingerprint density at radius 2 is 1.33 bits per heavy atom. The molecule has 0 saturated heterocycles. The Morgan fingerprint density at radius 1 is 1.22 bits per heavy atom. The third kappa shape index (κ3) is 145. The summed E-state index contributed by atoms with van der Waals surface area (Å²) in [5, 5.41) is 0. The summed E-state index contributed by atoms with van der Waals surface area (Å²) < 4.78 is 25.9. The minimum Gasteiger partial charge on any atom is -0.286 e. The largest absolute Gasteiger partial charge is 0.286 e. The maximum absolute atomic E-state index is 9.19. The number of hydrogen-bond acceptors (Lipinski definition) is 4. The summed E-state index contributed by atoms with van der Waals surface area (Å²) >= 11 is 0. The van der Waals surface area contributed by atoms with E-state index < -0.39 is 10.1 Å². The molecule has 0 radical (unpaired) electrons. The van der Waals surface area contributed by atoms with Gasteiger partial charge < -0.3 is 0 Å². The van der Waals surface area contributed by atoms with Crippen molar-refractivity contribution in [1.29, 1.82) is 0 Å². The highest BCUT2D eigenvalue weighted by Crippen LogP contribution is 2.09. The molecule has 0 aliphatic rings. The fourth-order valence-corrected chi connectivity index (χ4v) is 0. The molecule has 58 valence electrons. The van der Waals surface area contributed by atoms with Gasteiger partial charge in [-0.2, -0.15) is 8.42 Å². The average molecular weight is 190 g/mol. The molecule has 0 aromatic heterocycles. The summed E-state index contributed by atoms with van der Waals surface area (Å²) in [4.78, 5) is 0. The highest BCUT2D eigenvalue weighted by atomic mass is 33.1. The van der Waals surface area contributed by atoms with Crippen LogP contribution in [-0.4, -0.2) is 31.7 Å². The molecule has 0 atom stereocenters. The standard InChI is InChI=1S/C2H6S2.CH4O3S/c1-3-4-2;1-5(2,3)4/h1-2H3;1H3,(H,2,3,4). The molecule has 0 amide bonds. The third-order valence-corrected chi connectivity index (χ3v) is 1.50. The van der Waals surface area contributed by atoms with Gasteiger partial charge in [-0.25, -0.2) is 0 Å². The summed E-state index contributed by atoms with van der Waals surface area (Å²) in [5.74, 6) is 0. The number of hydrogen-bond donors (Lipinski definition) is 1. The van der Waals surface area contributed by atoms with Crippen LogP contribution in [0.1, 0.15) is 0 Å². The maximum Gasteiger partial charge on any atom is 0.261 e. The molecule has 0 aromatic rings. The molecule has 0 aliphatic heterocycles. The van der Waals surface area contributed by atoms with E-state index in [2.05, 4.69) is 12.5 Å². The van der Waals surface area contributed by atoms with Crippen molar-refractivity contribution in [3.63, 3.8) is 0 Å². The normalized spacial score (nSPS) is 9.78. The summed E-state index contributed by atoms with van der Waals surface area (Å²) in [5.41, 5.74) is 0. The van der Waals surface area contributed by atoms with Crippen LogP contribution in [0.4, 0.5) is 0 Å². The Labute approximate surface area is 63.7 Å². The topological polar surface area (TPSA) is 54.4 Å². The van der Waals surface area contributed by atoms with Crippen LogP contribution in [0.2, 0.25) is 0 Å². The van der Waals surface area contributed by atoms with Crippen LogP contribution in [0, 0.1) is 0 Å². The second kappa shape index (κ2) is 6.73. The maximum atomic E-state index is 9.19. The lowest BCUT2D eigenvalue weighted by Gasteiger charge is -1.69. The fraction of sp³-hybridized carbons (Fsp3) is 1.00. The molecule has 0 rings (SSSR count). The van der Waals surface area contributed by atoms with E-state index in [9.17, 15) is 8.42 Å². The predicted octanol–water partition coefficient (Wildman–Crippen LogP) is 1.13. The Kier molecular flexibility index (Phi) is 9.19. The SMILES string of the molecule is CS(=O)(=O)O.CSSC. The molecule has 0 spiro atoms. The molecular formula is C3H10O3S3. The molecule has 0 aromatic carbocycles. The Bertz CT molecular complexity index is 117. The van der Waals surface area contributed by atoms with Crippen LogP contribution >= 0.6 is 21.6 Å². The Morgan fingerprint density at radius 3 is 1.33 bits per heavy atom. The zero-order chi connectivity index (χ0) is 7.91. The second-order valence-electron chi connectivity index (χ2n) is 1.07. The van der Waals surface area contributed by atoms with Gasteiger partial charge in [-0.1, -0.05) is 21.6 Å². The van der Waals surface area contributed by atoms with Crippen LogP contribution in [0.3, 0.4) is 0 Å². The van der Waals surface area contributed by atoms with Gasteiger partial charge in [0.2, 0.25) is 0 Å². The van der Waals surface area contributed by atoms with Gasteiger partial charge in [0.1, 0.15) is 0 Å². The lowest BCUT2D eigenvalue weighted by atomic mass is 12.0. The van der Waals surface area contributed by atoms with Gasteiger partial charge in [-0.05, 0) is 12.5 Å². The van der Waals surface area contributed by atoms with Crippen molar-refractivity contribution in [2.75, 3.05) is 18.8 Å². The molecular weight excluding hydrogens is 180 g/mol. The van der Waals surface area contributed by atoms with E-state index in [1.807, 2.05) is 0 Å². The van der Waals surface area contributed by atoms with Crippen molar-refractivity contribution in [3.8, 4) is 0 Å². The zero-order valence-corrected chi connectivity index (χ0v) is 7.94. The quantitative estimate of drug-likeness (QED) is 0.496. The molecule has 0 fully saturated rings. The molecule has 0 unspecified atom stereocenters. The first-order valence-corrected chi connectivity index (χ1v) is 6.72. The van der Waals surface area contributed by atoms with E-state index in [1.54, 1.807) is 21.6 Å². The Balaban J connectivity index is 0. The lowest BCUT2D eigenvalue weighted by molar-refractivity contribution is 0.490. The Hall–Kier alpha value is 0.610. The summed E-state index contributed by atoms with van der Waals surface area (Å²) in [7, 11) is -0.120. The molecule has 0 saturated carbocycles. The van der Waals surface area contributed by atoms with E-state index in [0.29, 0.717) is 6.26 Å². The second-order valence-corrected chi connectivity index (χ2v) is 5.20. The van der Waals surface area contributed by atoms with Crippen LogP contribution in [0.25, 0.3) is 0 Å². The van der Waals surface area contributed by atoms with Crippen molar-refractivity contribution in [2.45, 2.75) is 0 Å². The smallest absolute Gasteiger partial charge is 0.261 e. The van der Waals surface area contributed by atoms with Gasteiger partial charge in [0.05, 0.1) is 6.26 Å². The lowest BCUT2D eigenvalue weighted by Crippen LogP contribution is -1.88. The molecule has 0 aliphatic carbocycles. The van der Waals surface area contributed by atoms with Gasteiger partial charge in [0.25, 0.3) is 10.1 Å². The first kappa shape index (κ1) is 12.3. The van der Waals surface area contributed by atoms with E-state index in [1.165, 1.54) is 0 Å². The van der Waals surface area contributed by atoms with Crippen molar-refractivity contribution in [2.24, 2.45) is 0 Å². The average Bonchev–Trinajstić information content (AvgIpc) is 1.61.